The Kier molecular flexibility index (Phi) is 55.6. The Bertz CT molecular complexity index is 831. The monoisotopic (exact) mass is 915 g/mol. The van der Waals surface area contributed by atoms with Gasteiger partial charge >= 0.3 is 5.97 Å². The van der Waals surface area contributed by atoms with E-state index in [1.165, 1.54) is 334 Å². The van der Waals surface area contributed by atoms with Gasteiger partial charge in [-0.1, -0.05) is 362 Å². The van der Waals surface area contributed by atoms with Crippen LogP contribution in [0.25, 0.3) is 0 Å². The number of carbonyl (C=O) groups is 1. The van der Waals surface area contributed by atoms with E-state index in [1.54, 1.807) is 0 Å². The second-order valence-corrected chi connectivity index (χ2v) is 22.0. The summed E-state index contributed by atoms with van der Waals surface area (Å²) in [6.07, 6.45) is 76.3. The van der Waals surface area contributed by atoms with Crippen LogP contribution in [-0.2, 0) is 9.53 Å². The molecule has 0 aliphatic rings. The lowest BCUT2D eigenvalue weighted by atomic mass is 9.74. The summed E-state index contributed by atoms with van der Waals surface area (Å²) in [6, 6.07) is 0. The highest BCUT2D eigenvalue weighted by Gasteiger charge is 2.38. The average molecular weight is 916 g/mol. The van der Waals surface area contributed by atoms with Crippen molar-refractivity contribution < 1.29 is 9.53 Å². The third-order valence-corrected chi connectivity index (χ3v) is 15.4. The molecule has 0 rings (SSSR count). The van der Waals surface area contributed by atoms with Gasteiger partial charge in [-0.3, -0.25) is 4.79 Å². The highest BCUT2D eigenvalue weighted by atomic mass is 16.5. The molecule has 0 aliphatic heterocycles. The lowest BCUT2D eigenvalue weighted by molar-refractivity contribution is -0.158. The molecule has 0 amide bonds. The molecule has 390 valence electrons. The molecule has 0 unspecified atom stereocenters. The van der Waals surface area contributed by atoms with Crippen molar-refractivity contribution in [2.24, 2.45) is 5.41 Å². The van der Waals surface area contributed by atoms with E-state index in [0.29, 0.717) is 6.61 Å². The van der Waals surface area contributed by atoms with Gasteiger partial charge in [0.2, 0.25) is 0 Å². The molecule has 0 spiro atoms. The van der Waals surface area contributed by atoms with Crippen molar-refractivity contribution in [1.82, 2.24) is 0 Å². The molecule has 0 aliphatic carbocycles. The summed E-state index contributed by atoms with van der Waals surface area (Å²) in [5, 5.41) is 0. The number of ether oxygens (including phenoxy) is 1. The van der Waals surface area contributed by atoms with Gasteiger partial charge in [0.25, 0.3) is 0 Å². The molecule has 0 atom stereocenters. The third-order valence-electron chi connectivity index (χ3n) is 15.4. The smallest absolute Gasteiger partial charge is 0.312 e. The van der Waals surface area contributed by atoms with Gasteiger partial charge in [0, 0.05) is 0 Å². The van der Waals surface area contributed by atoms with Crippen LogP contribution in [-0.4, -0.2) is 12.6 Å². The first kappa shape index (κ1) is 64.5. The van der Waals surface area contributed by atoms with Gasteiger partial charge < -0.3 is 4.74 Å². The van der Waals surface area contributed by atoms with E-state index in [9.17, 15) is 4.79 Å². The molecule has 0 N–H and O–H groups in total. The van der Waals surface area contributed by atoms with Crippen LogP contribution in [0.5, 0.6) is 0 Å². The fraction of sp³-hybridized carbons (Fsp3) is 0.984. The SMILES string of the molecule is CCCCCCCCCCCCCCCCCOC(=O)C(CCCCCCCCCC)(CCCCCCCCCCCCCCCCC)CCCCCCCCCCCCCCCCC. The number of unbranched alkanes of at least 4 members (excludes halogenated alkanes) is 49. The Morgan fingerprint density at radius 2 is 0.385 bits per heavy atom. The molecule has 0 heterocycles. The van der Waals surface area contributed by atoms with Gasteiger partial charge in [0.05, 0.1) is 12.0 Å². The zero-order chi connectivity index (χ0) is 47.1. The molecule has 0 saturated heterocycles. The normalized spacial score (nSPS) is 11.9. The molecule has 0 saturated carbocycles. The van der Waals surface area contributed by atoms with E-state index in [2.05, 4.69) is 27.7 Å². The minimum absolute atomic E-state index is 0.196. The second kappa shape index (κ2) is 56.1. The van der Waals surface area contributed by atoms with Crippen molar-refractivity contribution in [2.45, 2.75) is 387 Å². The molecule has 0 bridgehead atoms. The van der Waals surface area contributed by atoms with Gasteiger partial charge in [0.1, 0.15) is 0 Å². The minimum atomic E-state index is -0.245. The number of esters is 1. The maximum absolute atomic E-state index is 14.4. The van der Waals surface area contributed by atoms with E-state index in [1.807, 2.05) is 0 Å². The van der Waals surface area contributed by atoms with Crippen molar-refractivity contribution in [1.29, 1.82) is 0 Å². The molecular weight excluding hydrogens is 789 g/mol. The molecule has 2 nitrogen and oxygen atoms in total. The first-order valence-corrected chi connectivity index (χ1v) is 31.3. The van der Waals surface area contributed by atoms with Crippen LogP contribution in [0, 0.1) is 5.41 Å². The molecular formula is C63H126O2. The zero-order valence-electron chi connectivity index (χ0n) is 46.1. The molecule has 0 radical (unpaired) electrons. The quantitative estimate of drug-likeness (QED) is 0.0449. The summed E-state index contributed by atoms with van der Waals surface area (Å²) in [7, 11) is 0. The number of rotatable bonds is 58. The maximum atomic E-state index is 14.4. The van der Waals surface area contributed by atoms with Crippen molar-refractivity contribution in [3.63, 3.8) is 0 Å². The minimum Gasteiger partial charge on any atom is -0.465 e. The van der Waals surface area contributed by atoms with Crippen LogP contribution in [0.15, 0.2) is 0 Å². The fourth-order valence-electron chi connectivity index (χ4n) is 10.7. The first-order valence-electron chi connectivity index (χ1n) is 31.3. The summed E-state index contributed by atoms with van der Waals surface area (Å²) in [5.41, 5.74) is -0.245. The van der Waals surface area contributed by atoms with Gasteiger partial charge in [-0.25, -0.2) is 0 Å². The van der Waals surface area contributed by atoms with Gasteiger partial charge in [-0.2, -0.15) is 0 Å². The van der Waals surface area contributed by atoms with Crippen LogP contribution in [0.4, 0.5) is 0 Å². The standard InChI is InChI=1S/C63H126O2/c1-5-9-13-17-21-25-28-31-34-37-40-43-47-51-55-59-63(58-54-50-46-24-20-16-12-8-4,60-56-52-48-44-41-38-35-32-29-26-22-18-14-10-6-2)62(64)65-61-57-53-49-45-42-39-36-33-30-27-23-19-15-11-7-3/h5-61H2,1-4H3. The first-order chi connectivity index (χ1) is 32.2. The lowest BCUT2D eigenvalue weighted by Crippen LogP contribution is -2.34. The Labute approximate surface area is 413 Å². The Morgan fingerprint density at radius 1 is 0.231 bits per heavy atom. The van der Waals surface area contributed by atoms with Crippen molar-refractivity contribution in [2.75, 3.05) is 6.61 Å². The van der Waals surface area contributed by atoms with Crippen LogP contribution < -0.4 is 0 Å². The Balaban J connectivity index is 4.93. The van der Waals surface area contributed by atoms with Crippen LogP contribution in [0.1, 0.15) is 387 Å². The maximum Gasteiger partial charge on any atom is 0.312 e. The predicted molar refractivity (Wildman–Crippen MR) is 295 cm³/mol. The van der Waals surface area contributed by atoms with Crippen molar-refractivity contribution in [3.8, 4) is 0 Å². The third kappa shape index (κ3) is 48.3. The second-order valence-electron chi connectivity index (χ2n) is 22.0. The number of hydrogen-bond donors (Lipinski definition) is 0. The van der Waals surface area contributed by atoms with Gasteiger partial charge in [-0.05, 0) is 25.7 Å². The molecule has 2 heteroatoms. The molecule has 0 aromatic rings. The van der Waals surface area contributed by atoms with E-state index in [-0.39, 0.29) is 11.4 Å². The summed E-state index contributed by atoms with van der Waals surface area (Å²) < 4.78 is 6.35. The molecule has 0 aromatic heterocycles. The van der Waals surface area contributed by atoms with E-state index < -0.39 is 0 Å². The van der Waals surface area contributed by atoms with E-state index >= 15 is 0 Å². The summed E-state index contributed by atoms with van der Waals surface area (Å²) in [4.78, 5) is 14.4. The lowest BCUT2D eigenvalue weighted by Gasteiger charge is -2.32. The highest BCUT2D eigenvalue weighted by Crippen LogP contribution is 2.39. The predicted octanol–water partition coefficient (Wildman–Crippen LogP) is 23.4. The number of carbonyl (C=O) groups excluding carboxylic acids is 1. The van der Waals surface area contributed by atoms with Crippen molar-refractivity contribution in [3.05, 3.63) is 0 Å². The van der Waals surface area contributed by atoms with Crippen LogP contribution in [0.2, 0.25) is 0 Å². The van der Waals surface area contributed by atoms with Gasteiger partial charge in [-0.15, -0.1) is 0 Å². The summed E-state index contributed by atoms with van der Waals surface area (Å²) >= 11 is 0. The van der Waals surface area contributed by atoms with Crippen molar-refractivity contribution >= 4 is 5.97 Å². The fourth-order valence-corrected chi connectivity index (χ4v) is 10.7. The van der Waals surface area contributed by atoms with Crippen LogP contribution >= 0.6 is 0 Å². The Hall–Kier alpha value is -0.530. The van der Waals surface area contributed by atoms with E-state index in [0.717, 1.165) is 25.7 Å². The summed E-state index contributed by atoms with van der Waals surface area (Å²) in [5.74, 6) is 0.196. The molecule has 0 aromatic carbocycles. The average Bonchev–Trinajstić information content (AvgIpc) is 3.31. The van der Waals surface area contributed by atoms with Crippen LogP contribution in [0.3, 0.4) is 0 Å². The highest BCUT2D eigenvalue weighted by molar-refractivity contribution is 5.76. The van der Waals surface area contributed by atoms with E-state index in [4.69, 9.17) is 4.74 Å². The topological polar surface area (TPSA) is 26.3 Å². The van der Waals surface area contributed by atoms with Gasteiger partial charge in [0.15, 0.2) is 0 Å². The molecule has 0 fully saturated rings. The zero-order valence-corrected chi connectivity index (χ0v) is 46.1. The molecule has 65 heavy (non-hydrogen) atoms. The largest absolute Gasteiger partial charge is 0.465 e. The Morgan fingerprint density at radius 3 is 0.569 bits per heavy atom. The number of hydrogen-bond acceptors (Lipinski definition) is 2. The summed E-state index contributed by atoms with van der Waals surface area (Å²) in [6.45, 7) is 9.90.